The van der Waals surface area contributed by atoms with Crippen LogP contribution in [-0.2, 0) is 21.4 Å². The predicted octanol–water partition coefficient (Wildman–Crippen LogP) is 0.946. The molecule has 0 saturated carbocycles. The Labute approximate surface area is 95.5 Å². The SMILES string of the molecule is COCc1cc(S(=O)(=O)N2CCCC2)c[nH]1. The number of H-pyrrole nitrogens is 1. The molecule has 2 heterocycles. The third kappa shape index (κ3) is 2.14. The van der Waals surface area contributed by atoms with Gasteiger partial charge in [0.2, 0.25) is 10.0 Å². The van der Waals surface area contributed by atoms with E-state index in [4.69, 9.17) is 4.74 Å². The molecular formula is C10H16N2O3S. The molecule has 6 heteroatoms. The van der Waals surface area contributed by atoms with Crippen LogP contribution in [0.25, 0.3) is 0 Å². The van der Waals surface area contributed by atoms with E-state index >= 15 is 0 Å². The number of rotatable bonds is 4. The molecule has 1 fully saturated rings. The first-order valence-electron chi connectivity index (χ1n) is 5.31. The smallest absolute Gasteiger partial charge is 0.244 e. The standard InChI is InChI=1S/C10H16N2O3S/c1-15-8-9-6-10(7-11-9)16(13,14)12-4-2-3-5-12/h6-7,11H,2-5,8H2,1H3. The Morgan fingerprint density at radius 3 is 2.75 bits per heavy atom. The zero-order valence-electron chi connectivity index (χ0n) is 9.27. The molecule has 1 N–H and O–H groups in total. The average Bonchev–Trinajstić information content (AvgIpc) is 2.88. The third-order valence-electron chi connectivity index (χ3n) is 2.72. The Kier molecular flexibility index (Phi) is 3.32. The molecule has 1 aliphatic heterocycles. The molecule has 0 aliphatic carbocycles. The third-order valence-corrected chi connectivity index (χ3v) is 4.60. The summed E-state index contributed by atoms with van der Waals surface area (Å²) in [5.41, 5.74) is 0.778. The van der Waals surface area contributed by atoms with Gasteiger partial charge < -0.3 is 9.72 Å². The van der Waals surface area contributed by atoms with Gasteiger partial charge in [0.05, 0.1) is 11.5 Å². The molecule has 1 aromatic rings. The van der Waals surface area contributed by atoms with E-state index in [1.54, 1.807) is 13.2 Å². The van der Waals surface area contributed by atoms with Crippen molar-refractivity contribution in [1.29, 1.82) is 0 Å². The molecule has 0 atom stereocenters. The Balaban J connectivity index is 2.21. The fourth-order valence-corrected chi connectivity index (χ4v) is 3.42. The van der Waals surface area contributed by atoms with Crippen LogP contribution in [0.15, 0.2) is 17.2 Å². The van der Waals surface area contributed by atoms with Crippen LogP contribution in [0.1, 0.15) is 18.5 Å². The van der Waals surface area contributed by atoms with Gasteiger partial charge in [-0.15, -0.1) is 0 Å². The molecular weight excluding hydrogens is 228 g/mol. The zero-order chi connectivity index (χ0) is 11.6. The van der Waals surface area contributed by atoms with Crippen LogP contribution in [0, 0.1) is 0 Å². The van der Waals surface area contributed by atoms with Crippen LogP contribution in [-0.4, -0.2) is 37.9 Å². The van der Waals surface area contributed by atoms with Gasteiger partial charge in [-0.1, -0.05) is 0 Å². The van der Waals surface area contributed by atoms with E-state index in [2.05, 4.69) is 4.98 Å². The highest BCUT2D eigenvalue weighted by atomic mass is 32.2. The second kappa shape index (κ2) is 4.57. The fourth-order valence-electron chi connectivity index (χ4n) is 1.88. The molecule has 0 amide bonds. The predicted molar refractivity (Wildman–Crippen MR) is 59.5 cm³/mol. The summed E-state index contributed by atoms with van der Waals surface area (Å²) in [7, 11) is -1.71. The molecule has 0 unspecified atom stereocenters. The summed E-state index contributed by atoms with van der Waals surface area (Å²) in [6, 6.07) is 1.64. The van der Waals surface area contributed by atoms with Crippen LogP contribution in [0.2, 0.25) is 0 Å². The lowest BCUT2D eigenvalue weighted by Gasteiger charge is -2.13. The van der Waals surface area contributed by atoms with Crippen molar-refractivity contribution >= 4 is 10.0 Å². The maximum Gasteiger partial charge on any atom is 0.244 e. The van der Waals surface area contributed by atoms with Crippen LogP contribution in [0.4, 0.5) is 0 Å². The molecule has 2 rings (SSSR count). The molecule has 0 radical (unpaired) electrons. The van der Waals surface area contributed by atoms with Gasteiger partial charge in [0.25, 0.3) is 0 Å². The number of aromatic amines is 1. The number of nitrogens with zero attached hydrogens (tertiary/aromatic N) is 1. The number of nitrogens with one attached hydrogen (secondary N) is 1. The largest absolute Gasteiger partial charge is 0.378 e. The highest BCUT2D eigenvalue weighted by Gasteiger charge is 2.27. The van der Waals surface area contributed by atoms with E-state index in [9.17, 15) is 8.42 Å². The lowest BCUT2D eigenvalue weighted by Crippen LogP contribution is -2.27. The molecule has 90 valence electrons. The second-order valence-electron chi connectivity index (χ2n) is 3.90. The second-order valence-corrected chi connectivity index (χ2v) is 5.84. The van der Waals surface area contributed by atoms with Gasteiger partial charge in [0.15, 0.2) is 0 Å². The molecule has 16 heavy (non-hydrogen) atoms. The van der Waals surface area contributed by atoms with Crippen molar-refractivity contribution in [2.45, 2.75) is 24.3 Å². The number of aromatic nitrogens is 1. The number of hydrogen-bond donors (Lipinski definition) is 1. The number of ether oxygens (including phenoxy) is 1. The van der Waals surface area contributed by atoms with Gasteiger partial charge in [-0.25, -0.2) is 8.42 Å². The van der Waals surface area contributed by atoms with E-state index in [0.29, 0.717) is 24.6 Å². The summed E-state index contributed by atoms with van der Waals surface area (Å²) >= 11 is 0. The molecule has 0 bridgehead atoms. The van der Waals surface area contributed by atoms with Gasteiger partial charge in [0, 0.05) is 32.1 Å². The minimum Gasteiger partial charge on any atom is -0.378 e. The molecule has 1 aromatic heterocycles. The summed E-state index contributed by atoms with van der Waals surface area (Å²) in [6.45, 7) is 1.66. The quantitative estimate of drug-likeness (QED) is 0.857. The lowest BCUT2D eigenvalue weighted by molar-refractivity contribution is 0.182. The molecule has 5 nitrogen and oxygen atoms in total. The van der Waals surface area contributed by atoms with Gasteiger partial charge in [-0.2, -0.15) is 4.31 Å². The van der Waals surface area contributed by atoms with E-state index in [-0.39, 0.29) is 0 Å². The van der Waals surface area contributed by atoms with Crippen molar-refractivity contribution in [3.05, 3.63) is 18.0 Å². The van der Waals surface area contributed by atoms with Crippen molar-refractivity contribution in [3.8, 4) is 0 Å². The topological polar surface area (TPSA) is 62.4 Å². The summed E-state index contributed by atoms with van der Waals surface area (Å²) in [6.07, 6.45) is 3.44. The van der Waals surface area contributed by atoms with Crippen LogP contribution >= 0.6 is 0 Å². The van der Waals surface area contributed by atoms with E-state index in [1.165, 1.54) is 10.5 Å². The average molecular weight is 244 g/mol. The Morgan fingerprint density at radius 2 is 2.12 bits per heavy atom. The normalized spacial score (nSPS) is 18.1. The summed E-state index contributed by atoms with van der Waals surface area (Å²) in [4.78, 5) is 3.24. The minimum atomic E-state index is -3.29. The Morgan fingerprint density at radius 1 is 1.44 bits per heavy atom. The highest BCUT2D eigenvalue weighted by molar-refractivity contribution is 7.89. The van der Waals surface area contributed by atoms with Crippen molar-refractivity contribution < 1.29 is 13.2 Å². The Bertz CT molecular complexity index is 446. The van der Waals surface area contributed by atoms with Crippen LogP contribution < -0.4 is 0 Å². The first kappa shape index (κ1) is 11.6. The van der Waals surface area contributed by atoms with Gasteiger partial charge in [-0.05, 0) is 18.9 Å². The summed E-state index contributed by atoms with van der Waals surface area (Å²) < 4.78 is 30.7. The maximum absolute atomic E-state index is 12.1. The van der Waals surface area contributed by atoms with Gasteiger partial charge in [0.1, 0.15) is 0 Å². The van der Waals surface area contributed by atoms with Crippen molar-refractivity contribution in [2.24, 2.45) is 0 Å². The number of sulfonamides is 1. The molecule has 0 spiro atoms. The molecule has 1 aliphatic rings. The zero-order valence-corrected chi connectivity index (χ0v) is 10.1. The Hall–Kier alpha value is -0.850. The maximum atomic E-state index is 12.1. The van der Waals surface area contributed by atoms with Gasteiger partial charge >= 0.3 is 0 Å². The van der Waals surface area contributed by atoms with Crippen molar-refractivity contribution in [2.75, 3.05) is 20.2 Å². The van der Waals surface area contributed by atoms with Crippen LogP contribution in [0.3, 0.4) is 0 Å². The summed E-state index contributed by atoms with van der Waals surface area (Å²) in [5, 5.41) is 0. The first-order valence-corrected chi connectivity index (χ1v) is 6.75. The van der Waals surface area contributed by atoms with Crippen LogP contribution in [0.5, 0.6) is 0 Å². The number of hydrogen-bond acceptors (Lipinski definition) is 3. The fraction of sp³-hybridized carbons (Fsp3) is 0.600. The monoisotopic (exact) mass is 244 g/mol. The van der Waals surface area contributed by atoms with E-state index < -0.39 is 10.0 Å². The number of methoxy groups -OCH3 is 1. The van der Waals surface area contributed by atoms with E-state index in [1.807, 2.05) is 0 Å². The van der Waals surface area contributed by atoms with Crippen molar-refractivity contribution in [3.63, 3.8) is 0 Å². The first-order chi connectivity index (χ1) is 7.64. The van der Waals surface area contributed by atoms with E-state index in [0.717, 1.165) is 18.5 Å². The summed E-state index contributed by atoms with van der Waals surface area (Å²) in [5.74, 6) is 0. The van der Waals surface area contributed by atoms with Gasteiger partial charge in [-0.3, -0.25) is 0 Å². The highest BCUT2D eigenvalue weighted by Crippen LogP contribution is 2.21. The minimum absolute atomic E-state index is 0.335. The molecule has 0 aromatic carbocycles. The van der Waals surface area contributed by atoms with Crippen molar-refractivity contribution in [1.82, 2.24) is 9.29 Å². The molecule has 1 saturated heterocycles. The lowest BCUT2D eigenvalue weighted by atomic mass is 10.4.